The van der Waals surface area contributed by atoms with Crippen molar-refractivity contribution in [2.45, 2.75) is 13.0 Å². The maximum Gasteiger partial charge on any atom is 0.224 e. The smallest absolute Gasteiger partial charge is 0.224 e. The van der Waals surface area contributed by atoms with Crippen LogP contribution in [0.1, 0.15) is 11.1 Å². The summed E-state index contributed by atoms with van der Waals surface area (Å²) in [4.78, 5) is 8.51. The molecule has 4 nitrogen and oxygen atoms in total. The van der Waals surface area contributed by atoms with E-state index in [4.69, 9.17) is 0 Å². The van der Waals surface area contributed by atoms with E-state index < -0.39 is 0 Å². The topological polar surface area (TPSA) is 49.8 Å². The largest absolute Gasteiger partial charge is 0.366 e. The van der Waals surface area contributed by atoms with E-state index in [0.717, 1.165) is 12.0 Å². The highest BCUT2D eigenvalue weighted by atomic mass is 19.1. The van der Waals surface area contributed by atoms with Crippen molar-refractivity contribution < 1.29 is 8.78 Å². The molecule has 0 spiro atoms. The Bertz CT molecular complexity index is 822. The summed E-state index contributed by atoms with van der Waals surface area (Å²) in [6.07, 6.45) is 2.37. The zero-order valence-corrected chi connectivity index (χ0v) is 13.5. The Balaban J connectivity index is 1.52. The predicted molar refractivity (Wildman–Crippen MR) is 94.4 cm³/mol. The zero-order valence-electron chi connectivity index (χ0n) is 13.5. The van der Waals surface area contributed by atoms with Gasteiger partial charge in [-0.15, -0.1) is 0 Å². The lowest BCUT2D eigenvalue weighted by atomic mass is 10.1. The molecule has 0 fully saturated rings. The van der Waals surface area contributed by atoms with Crippen LogP contribution in [0.5, 0.6) is 0 Å². The van der Waals surface area contributed by atoms with Crippen LogP contribution < -0.4 is 10.6 Å². The Morgan fingerprint density at radius 1 is 0.880 bits per heavy atom. The van der Waals surface area contributed by atoms with Crippen LogP contribution in [0, 0.1) is 11.6 Å². The third kappa shape index (κ3) is 4.97. The van der Waals surface area contributed by atoms with Crippen LogP contribution in [0.2, 0.25) is 0 Å². The highest BCUT2D eigenvalue weighted by molar-refractivity contribution is 5.40. The van der Waals surface area contributed by atoms with E-state index in [2.05, 4.69) is 20.6 Å². The Morgan fingerprint density at radius 3 is 2.48 bits per heavy atom. The first-order valence-electron chi connectivity index (χ1n) is 7.99. The molecular formula is C19H18F2N4. The maximum atomic E-state index is 13.6. The zero-order chi connectivity index (χ0) is 17.5. The fourth-order valence-electron chi connectivity index (χ4n) is 2.34. The molecule has 0 unspecified atom stereocenters. The van der Waals surface area contributed by atoms with Gasteiger partial charge in [0.15, 0.2) is 0 Å². The van der Waals surface area contributed by atoms with E-state index in [9.17, 15) is 8.78 Å². The number of aromatic nitrogens is 2. The molecule has 0 aliphatic carbocycles. The highest BCUT2D eigenvalue weighted by Crippen LogP contribution is 2.11. The molecule has 25 heavy (non-hydrogen) atoms. The lowest BCUT2D eigenvalue weighted by molar-refractivity contribution is 0.613. The summed E-state index contributed by atoms with van der Waals surface area (Å²) in [6.45, 7) is 0.973. The fraction of sp³-hybridized carbons (Fsp3) is 0.158. The summed E-state index contributed by atoms with van der Waals surface area (Å²) in [6, 6.07) is 14.7. The first kappa shape index (κ1) is 16.8. The van der Waals surface area contributed by atoms with Gasteiger partial charge >= 0.3 is 0 Å². The number of hydrogen-bond donors (Lipinski definition) is 2. The van der Waals surface area contributed by atoms with Gasteiger partial charge in [0, 0.05) is 24.8 Å². The van der Waals surface area contributed by atoms with Crippen molar-refractivity contribution in [2.75, 3.05) is 17.2 Å². The molecule has 0 amide bonds. The van der Waals surface area contributed by atoms with Gasteiger partial charge in [-0.05, 0) is 36.2 Å². The molecule has 1 heterocycles. The van der Waals surface area contributed by atoms with Crippen molar-refractivity contribution in [1.82, 2.24) is 9.97 Å². The number of nitrogens with one attached hydrogen (secondary N) is 2. The van der Waals surface area contributed by atoms with Gasteiger partial charge in [-0.2, -0.15) is 4.98 Å². The standard InChI is InChI=1S/C19H18F2N4/c20-16-7-5-14(6-8-16)9-11-22-19-23-12-10-18(25-19)24-13-15-3-1-2-4-17(15)21/h1-8,10,12H,9,11,13H2,(H2,22,23,24,25). The monoisotopic (exact) mass is 340 g/mol. The van der Waals surface area contributed by atoms with E-state index in [1.807, 2.05) is 0 Å². The van der Waals surface area contributed by atoms with Crippen LogP contribution in [0.4, 0.5) is 20.5 Å². The fourth-order valence-corrected chi connectivity index (χ4v) is 2.34. The van der Waals surface area contributed by atoms with Crippen LogP contribution in [-0.2, 0) is 13.0 Å². The van der Waals surface area contributed by atoms with Gasteiger partial charge in [0.05, 0.1) is 0 Å². The van der Waals surface area contributed by atoms with Gasteiger partial charge in [0.25, 0.3) is 0 Å². The molecule has 0 atom stereocenters. The molecule has 0 bridgehead atoms. The van der Waals surface area contributed by atoms with E-state index in [0.29, 0.717) is 30.4 Å². The van der Waals surface area contributed by atoms with Crippen molar-refractivity contribution in [3.63, 3.8) is 0 Å². The van der Waals surface area contributed by atoms with Gasteiger partial charge in [0.1, 0.15) is 17.5 Å². The highest BCUT2D eigenvalue weighted by Gasteiger charge is 2.03. The summed E-state index contributed by atoms with van der Waals surface area (Å²) < 4.78 is 26.5. The average Bonchev–Trinajstić information content (AvgIpc) is 2.63. The molecule has 0 aliphatic heterocycles. The lowest BCUT2D eigenvalue weighted by Crippen LogP contribution is -2.10. The Kier molecular flexibility index (Phi) is 5.51. The molecule has 2 aromatic carbocycles. The minimum Gasteiger partial charge on any atom is -0.366 e. The molecule has 2 N–H and O–H groups in total. The van der Waals surface area contributed by atoms with E-state index >= 15 is 0 Å². The summed E-state index contributed by atoms with van der Waals surface area (Å²) in [5.74, 6) is 0.610. The number of benzene rings is 2. The summed E-state index contributed by atoms with van der Waals surface area (Å²) in [5, 5.41) is 6.21. The van der Waals surface area contributed by atoms with E-state index in [-0.39, 0.29) is 11.6 Å². The van der Waals surface area contributed by atoms with Crippen molar-refractivity contribution in [3.8, 4) is 0 Å². The summed E-state index contributed by atoms with van der Waals surface area (Å²) in [5.41, 5.74) is 1.61. The number of rotatable bonds is 7. The minimum absolute atomic E-state index is 0.242. The van der Waals surface area contributed by atoms with E-state index in [1.165, 1.54) is 18.2 Å². The molecule has 0 saturated heterocycles. The van der Waals surface area contributed by atoms with Crippen LogP contribution in [-0.4, -0.2) is 16.5 Å². The van der Waals surface area contributed by atoms with Crippen LogP contribution in [0.25, 0.3) is 0 Å². The predicted octanol–water partition coefficient (Wildman–Crippen LogP) is 4.02. The number of hydrogen-bond acceptors (Lipinski definition) is 4. The van der Waals surface area contributed by atoms with Gasteiger partial charge in [-0.25, -0.2) is 13.8 Å². The normalized spacial score (nSPS) is 10.5. The molecule has 1 aromatic heterocycles. The van der Waals surface area contributed by atoms with Crippen molar-refractivity contribution in [2.24, 2.45) is 0 Å². The third-order valence-electron chi connectivity index (χ3n) is 3.68. The number of halogens is 2. The molecule has 128 valence electrons. The summed E-state index contributed by atoms with van der Waals surface area (Å²) in [7, 11) is 0. The minimum atomic E-state index is -0.248. The van der Waals surface area contributed by atoms with Crippen LogP contribution in [0.15, 0.2) is 60.8 Å². The van der Waals surface area contributed by atoms with Crippen LogP contribution >= 0.6 is 0 Å². The molecule has 3 aromatic rings. The lowest BCUT2D eigenvalue weighted by Gasteiger charge is -2.09. The second-order valence-corrected chi connectivity index (χ2v) is 5.51. The average molecular weight is 340 g/mol. The Labute approximate surface area is 145 Å². The number of nitrogens with zero attached hydrogens (tertiary/aromatic N) is 2. The number of anilines is 2. The van der Waals surface area contributed by atoms with Crippen LogP contribution in [0.3, 0.4) is 0 Å². The molecule has 6 heteroatoms. The Morgan fingerprint density at radius 2 is 1.68 bits per heavy atom. The van der Waals surface area contributed by atoms with Crippen molar-refractivity contribution in [1.29, 1.82) is 0 Å². The third-order valence-corrected chi connectivity index (χ3v) is 3.68. The summed E-state index contributed by atoms with van der Waals surface area (Å²) >= 11 is 0. The van der Waals surface area contributed by atoms with Gasteiger partial charge in [-0.1, -0.05) is 30.3 Å². The molecule has 3 rings (SSSR count). The van der Waals surface area contributed by atoms with Gasteiger partial charge in [0.2, 0.25) is 5.95 Å². The second kappa shape index (κ2) is 8.19. The quantitative estimate of drug-likeness (QED) is 0.682. The molecule has 0 saturated carbocycles. The first-order chi connectivity index (χ1) is 12.2. The molecule has 0 radical (unpaired) electrons. The molecular weight excluding hydrogens is 322 g/mol. The van der Waals surface area contributed by atoms with Crippen molar-refractivity contribution >= 4 is 11.8 Å². The van der Waals surface area contributed by atoms with E-state index in [1.54, 1.807) is 42.6 Å². The van der Waals surface area contributed by atoms with Gasteiger partial charge in [-0.3, -0.25) is 0 Å². The molecule has 0 aliphatic rings. The van der Waals surface area contributed by atoms with Crippen molar-refractivity contribution in [3.05, 3.63) is 83.6 Å². The first-order valence-corrected chi connectivity index (χ1v) is 7.99. The Hall–Kier alpha value is -3.02. The second-order valence-electron chi connectivity index (χ2n) is 5.51. The SMILES string of the molecule is Fc1ccc(CCNc2nccc(NCc3ccccc3F)n2)cc1. The van der Waals surface area contributed by atoms with Gasteiger partial charge < -0.3 is 10.6 Å². The maximum absolute atomic E-state index is 13.6.